The van der Waals surface area contributed by atoms with Crippen molar-refractivity contribution in [2.24, 2.45) is 0 Å². The van der Waals surface area contributed by atoms with Crippen LogP contribution in [0.15, 0.2) is 40.1 Å². The van der Waals surface area contributed by atoms with Crippen LogP contribution in [-0.4, -0.2) is 6.61 Å². The third kappa shape index (κ3) is 1.72. The van der Waals surface area contributed by atoms with E-state index in [2.05, 4.69) is 6.58 Å². The molecule has 0 spiro atoms. The Morgan fingerprint density at radius 2 is 2.28 bits per heavy atom. The average molecular weight is 242 g/mol. The first-order chi connectivity index (χ1) is 8.79. The van der Waals surface area contributed by atoms with E-state index >= 15 is 0 Å². The minimum atomic E-state index is 0.110. The molecule has 0 saturated carbocycles. The van der Waals surface area contributed by atoms with Crippen molar-refractivity contribution in [2.45, 2.75) is 19.3 Å². The van der Waals surface area contributed by atoms with Crippen molar-refractivity contribution in [2.75, 3.05) is 6.61 Å². The fourth-order valence-electron chi connectivity index (χ4n) is 2.38. The predicted molar refractivity (Wildman–Crippen MR) is 70.2 cm³/mol. The molecule has 0 amide bonds. The van der Waals surface area contributed by atoms with E-state index < -0.39 is 0 Å². The van der Waals surface area contributed by atoms with Gasteiger partial charge in [0.25, 0.3) is 0 Å². The van der Waals surface area contributed by atoms with Gasteiger partial charge in [0.15, 0.2) is 5.43 Å². The summed E-state index contributed by atoms with van der Waals surface area (Å²) in [5, 5.41) is 0.640. The first-order valence-electron chi connectivity index (χ1n) is 6.12. The van der Waals surface area contributed by atoms with Gasteiger partial charge in [-0.2, -0.15) is 0 Å². The van der Waals surface area contributed by atoms with Crippen molar-refractivity contribution in [3.63, 3.8) is 0 Å². The minimum Gasteiger partial charge on any atom is -0.489 e. The van der Waals surface area contributed by atoms with Crippen molar-refractivity contribution in [3.8, 4) is 5.75 Å². The Balaban J connectivity index is 2.14. The van der Waals surface area contributed by atoms with Gasteiger partial charge in [-0.05, 0) is 25.0 Å². The molecule has 1 aromatic heterocycles. The molecular formula is C15H14O3. The average Bonchev–Trinajstić information content (AvgIpc) is 2.84. The first-order valence-corrected chi connectivity index (χ1v) is 6.12. The van der Waals surface area contributed by atoms with Crippen LogP contribution in [0, 0.1) is 0 Å². The maximum Gasteiger partial charge on any atom is 0.196 e. The molecule has 0 bridgehead atoms. The van der Waals surface area contributed by atoms with E-state index in [0.717, 1.165) is 30.6 Å². The topological polar surface area (TPSA) is 39.4 Å². The van der Waals surface area contributed by atoms with Gasteiger partial charge in [-0.25, -0.2) is 0 Å². The lowest BCUT2D eigenvalue weighted by Gasteiger charge is -2.06. The van der Waals surface area contributed by atoms with Gasteiger partial charge in [0.05, 0.1) is 5.39 Å². The molecule has 3 rings (SSSR count). The molecule has 2 aromatic rings. The van der Waals surface area contributed by atoms with Gasteiger partial charge >= 0.3 is 0 Å². The molecule has 0 unspecified atom stereocenters. The van der Waals surface area contributed by atoms with Gasteiger partial charge in [-0.1, -0.05) is 12.7 Å². The third-order valence-corrected chi connectivity index (χ3v) is 3.24. The maximum atomic E-state index is 12.2. The molecule has 0 aliphatic heterocycles. The van der Waals surface area contributed by atoms with Gasteiger partial charge in [-0.15, -0.1) is 0 Å². The molecule has 1 aromatic carbocycles. The van der Waals surface area contributed by atoms with Crippen LogP contribution in [0.1, 0.15) is 17.7 Å². The number of rotatable bonds is 3. The number of benzene rings is 1. The molecule has 0 N–H and O–H groups in total. The SMILES string of the molecule is C=CCOc1ccc2c(=O)c3c(oc2c1)CCC3. The Morgan fingerprint density at radius 1 is 1.39 bits per heavy atom. The summed E-state index contributed by atoms with van der Waals surface area (Å²) in [4.78, 5) is 12.2. The van der Waals surface area contributed by atoms with Crippen LogP contribution in [0.2, 0.25) is 0 Å². The van der Waals surface area contributed by atoms with E-state index in [9.17, 15) is 4.79 Å². The molecule has 3 nitrogen and oxygen atoms in total. The number of hydrogen-bond acceptors (Lipinski definition) is 3. The van der Waals surface area contributed by atoms with Crippen molar-refractivity contribution < 1.29 is 9.15 Å². The van der Waals surface area contributed by atoms with Crippen LogP contribution >= 0.6 is 0 Å². The molecule has 0 saturated heterocycles. The Hall–Kier alpha value is -2.03. The summed E-state index contributed by atoms with van der Waals surface area (Å²) >= 11 is 0. The van der Waals surface area contributed by atoms with Gasteiger partial charge < -0.3 is 9.15 Å². The van der Waals surface area contributed by atoms with E-state index in [1.165, 1.54) is 0 Å². The molecule has 0 fully saturated rings. The lowest BCUT2D eigenvalue weighted by atomic mass is 10.1. The zero-order valence-corrected chi connectivity index (χ0v) is 10.1. The van der Waals surface area contributed by atoms with Crippen LogP contribution in [0.3, 0.4) is 0 Å². The monoisotopic (exact) mass is 242 g/mol. The zero-order chi connectivity index (χ0) is 12.5. The number of aryl methyl sites for hydroxylation is 1. The lowest BCUT2D eigenvalue weighted by Crippen LogP contribution is -2.08. The van der Waals surface area contributed by atoms with Crippen molar-refractivity contribution >= 4 is 11.0 Å². The quantitative estimate of drug-likeness (QED) is 0.777. The van der Waals surface area contributed by atoms with Gasteiger partial charge in [0, 0.05) is 18.1 Å². The van der Waals surface area contributed by atoms with E-state index in [1.807, 2.05) is 0 Å². The highest BCUT2D eigenvalue weighted by atomic mass is 16.5. The summed E-state index contributed by atoms with van der Waals surface area (Å²) in [6.45, 7) is 4.05. The number of hydrogen-bond donors (Lipinski definition) is 0. The fraction of sp³-hybridized carbons (Fsp3) is 0.267. The Morgan fingerprint density at radius 3 is 3.11 bits per heavy atom. The van der Waals surface area contributed by atoms with E-state index in [1.54, 1.807) is 24.3 Å². The van der Waals surface area contributed by atoms with Crippen LogP contribution in [0.5, 0.6) is 5.75 Å². The molecule has 0 atom stereocenters. The van der Waals surface area contributed by atoms with Crippen LogP contribution < -0.4 is 10.2 Å². The van der Waals surface area contributed by atoms with Crippen LogP contribution in [0.4, 0.5) is 0 Å². The van der Waals surface area contributed by atoms with Gasteiger partial charge in [0.2, 0.25) is 0 Å². The fourth-order valence-corrected chi connectivity index (χ4v) is 2.38. The number of ether oxygens (including phenoxy) is 1. The van der Waals surface area contributed by atoms with Crippen LogP contribution in [-0.2, 0) is 12.8 Å². The number of fused-ring (bicyclic) bond motifs is 2. The molecule has 0 radical (unpaired) electrons. The Bertz CT molecular complexity index is 667. The second-order valence-electron chi connectivity index (χ2n) is 4.44. The first kappa shape index (κ1) is 11.1. The normalized spacial score (nSPS) is 13.6. The minimum absolute atomic E-state index is 0.110. The highest BCUT2D eigenvalue weighted by Crippen LogP contribution is 2.25. The maximum absolute atomic E-state index is 12.2. The standard InChI is InChI=1S/C15H14O3/c1-2-8-17-10-6-7-12-14(9-10)18-13-5-3-4-11(13)15(12)16/h2,6-7,9H,1,3-5,8H2. The van der Waals surface area contributed by atoms with E-state index in [4.69, 9.17) is 9.15 Å². The summed E-state index contributed by atoms with van der Waals surface area (Å²) in [6.07, 6.45) is 4.38. The predicted octanol–water partition coefficient (Wildman–Crippen LogP) is 2.85. The summed E-state index contributed by atoms with van der Waals surface area (Å²) in [5.41, 5.74) is 1.57. The Labute approximate surface area is 105 Å². The Kier molecular flexibility index (Phi) is 2.67. The molecule has 3 heteroatoms. The second kappa shape index (κ2) is 4.33. The summed E-state index contributed by atoms with van der Waals surface area (Å²) in [7, 11) is 0. The van der Waals surface area contributed by atoms with Gasteiger partial charge in [0.1, 0.15) is 23.7 Å². The van der Waals surface area contributed by atoms with Crippen LogP contribution in [0.25, 0.3) is 11.0 Å². The van der Waals surface area contributed by atoms with E-state index in [0.29, 0.717) is 23.3 Å². The summed E-state index contributed by atoms with van der Waals surface area (Å²) in [5.74, 6) is 1.54. The van der Waals surface area contributed by atoms with Crippen molar-refractivity contribution in [1.29, 1.82) is 0 Å². The zero-order valence-electron chi connectivity index (χ0n) is 10.1. The molecule has 1 heterocycles. The molecule has 92 valence electrons. The highest BCUT2D eigenvalue weighted by Gasteiger charge is 2.19. The van der Waals surface area contributed by atoms with Crippen molar-refractivity contribution in [3.05, 3.63) is 52.4 Å². The van der Waals surface area contributed by atoms with Crippen molar-refractivity contribution in [1.82, 2.24) is 0 Å². The van der Waals surface area contributed by atoms with Gasteiger partial charge in [-0.3, -0.25) is 4.79 Å². The second-order valence-corrected chi connectivity index (χ2v) is 4.44. The molecule has 1 aliphatic carbocycles. The van der Waals surface area contributed by atoms with E-state index in [-0.39, 0.29) is 5.43 Å². The molecule has 18 heavy (non-hydrogen) atoms. The largest absolute Gasteiger partial charge is 0.489 e. The summed E-state index contributed by atoms with van der Waals surface area (Å²) in [6, 6.07) is 5.35. The third-order valence-electron chi connectivity index (χ3n) is 3.24. The molecule has 1 aliphatic rings. The smallest absolute Gasteiger partial charge is 0.196 e. The highest BCUT2D eigenvalue weighted by molar-refractivity contribution is 5.79. The molecular weight excluding hydrogens is 228 g/mol. The summed E-state index contributed by atoms with van der Waals surface area (Å²) < 4.78 is 11.2. The lowest BCUT2D eigenvalue weighted by molar-refractivity contribution is 0.363.